The van der Waals surface area contributed by atoms with Gasteiger partial charge < -0.3 is 18.9 Å². The van der Waals surface area contributed by atoms with Crippen LogP contribution in [0.15, 0.2) is 77.0 Å². The van der Waals surface area contributed by atoms with Crippen LogP contribution < -0.4 is 14.2 Å². The average Bonchev–Trinajstić information content (AvgIpc) is 3.12. The molecule has 0 N–H and O–H groups in total. The molecule has 1 aliphatic heterocycles. The highest BCUT2D eigenvalue weighted by Gasteiger charge is 2.30. The van der Waals surface area contributed by atoms with Crippen molar-refractivity contribution in [3.05, 3.63) is 93.7 Å². The molecule has 3 aromatic carbocycles. The fraction of sp³-hybridized carbons (Fsp3) is 0.154. The number of carbonyl (C=O) groups is 2. The van der Waals surface area contributed by atoms with Crippen LogP contribution in [0.4, 0.5) is 0 Å². The van der Waals surface area contributed by atoms with Gasteiger partial charge in [-0.15, -0.1) is 0 Å². The smallest absolute Gasteiger partial charge is 0.352 e. The molecule has 0 aromatic heterocycles. The lowest BCUT2D eigenvalue weighted by Gasteiger charge is -2.18. The zero-order valence-electron chi connectivity index (χ0n) is 18.0. The number of ketones is 1. The number of esters is 1. The SMILES string of the molecule is CCOC(=O)C(Oc1ccc2c(c1)OC(=Cc1cc(Br)ccc1OC)C2=O)c1ccccc1. The Balaban J connectivity index is 1.61. The minimum Gasteiger partial charge on any atom is -0.496 e. The monoisotopic (exact) mass is 508 g/mol. The highest BCUT2D eigenvalue weighted by molar-refractivity contribution is 9.10. The molecule has 168 valence electrons. The number of Topliss-reactive ketones (excluding diaryl/α,β-unsaturated/α-hetero) is 1. The van der Waals surface area contributed by atoms with Gasteiger partial charge in [-0.2, -0.15) is 0 Å². The van der Waals surface area contributed by atoms with Gasteiger partial charge in [-0.25, -0.2) is 4.79 Å². The normalized spacial score (nSPS) is 14.4. The number of fused-ring (bicyclic) bond motifs is 1. The summed E-state index contributed by atoms with van der Waals surface area (Å²) in [6.07, 6.45) is 0.694. The fourth-order valence-electron chi connectivity index (χ4n) is 3.43. The van der Waals surface area contributed by atoms with Crippen molar-refractivity contribution < 1.29 is 28.5 Å². The van der Waals surface area contributed by atoms with Crippen LogP contribution in [0.25, 0.3) is 6.08 Å². The second-order valence-corrected chi connectivity index (χ2v) is 8.06. The number of hydrogen-bond donors (Lipinski definition) is 0. The number of methoxy groups -OCH3 is 1. The van der Waals surface area contributed by atoms with E-state index in [1.54, 1.807) is 56.5 Å². The molecule has 0 bridgehead atoms. The number of hydrogen-bond acceptors (Lipinski definition) is 6. The summed E-state index contributed by atoms with van der Waals surface area (Å²) in [7, 11) is 1.56. The fourth-order valence-corrected chi connectivity index (χ4v) is 3.81. The van der Waals surface area contributed by atoms with Crippen LogP contribution in [0, 0.1) is 0 Å². The minimum atomic E-state index is -0.942. The lowest BCUT2D eigenvalue weighted by Crippen LogP contribution is -2.21. The lowest BCUT2D eigenvalue weighted by atomic mass is 10.1. The van der Waals surface area contributed by atoms with Gasteiger partial charge in [-0.1, -0.05) is 46.3 Å². The molecule has 0 spiro atoms. The van der Waals surface area contributed by atoms with Crippen molar-refractivity contribution in [2.24, 2.45) is 0 Å². The van der Waals surface area contributed by atoms with E-state index in [1.165, 1.54) is 0 Å². The van der Waals surface area contributed by atoms with Crippen molar-refractivity contribution in [1.82, 2.24) is 0 Å². The topological polar surface area (TPSA) is 71.1 Å². The van der Waals surface area contributed by atoms with E-state index in [0.717, 1.165) is 4.47 Å². The van der Waals surface area contributed by atoms with E-state index < -0.39 is 12.1 Å². The summed E-state index contributed by atoms with van der Waals surface area (Å²) in [6, 6.07) is 19.4. The quantitative estimate of drug-likeness (QED) is 0.298. The Morgan fingerprint density at radius 2 is 1.88 bits per heavy atom. The van der Waals surface area contributed by atoms with Crippen molar-refractivity contribution in [2.75, 3.05) is 13.7 Å². The molecule has 0 saturated heterocycles. The molecule has 0 saturated carbocycles. The van der Waals surface area contributed by atoms with Crippen LogP contribution in [0.5, 0.6) is 17.2 Å². The molecule has 0 amide bonds. The maximum atomic E-state index is 12.9. The molecule has 4 rings (SSSR count). The predicted molar refractivity (Wildman–Crippen MR) is 127 cm³/mol. The van der Waals surface area contributed by atoms with E-state index in [-0.39, 0.29) is 18.1 Å². The molecule has 7 heteroatoms. The Labute approximate surface area is 199 Å². The minimum absolute atomic E-state index is 0.170. The third kappa shape index (κ3) is 4.93. The summed E-state index contributed by atoms with van der Waals surface area (Å²) < 4.78 is 23.2. The van der Waals surface area contributed by atoms with Gasteiger partial charge in [0.05, 0.1) is 19.3 Å². The summed E-state index contributed by atoms with van der Waals surface area (Å²) in [5, 5.41) is 0. The van der Waals surface area contributed by atoms with E-state index in [0.29, 0.717) is 33.9 Å². The first-order chi connectivity index (χ1) is 16.0. The first-order valence-corrected chi connectivity index (χ1v) is 11.1. The number of carbonyl (C=O) groups excluding carboxylic acids is 2. The molecule has 1 unspecified atom stereocenters. The summed E-state index contributed by atoms with van der Waals surface area (Å²) in [4.78, 5) is 25.4. The third-order valence-corrected chi connectivity index (χ3v) is 5.47. The van der Waals surface area contributed by atoms with Crippen LogP contribution in [-0.2, 0) is 9.53 Å². The van der Waals surface area contributed by atoms with Crippen LogP contribution in [0.2, 0.25) is 0 Å². The van der Waals surface area contributed by atoms with Crippen molar-refractivity contribution >= 4 is 33.8 Å². The largest absolute Gasteiger partial charge is 0.496 e. The molecule has 1 aliphatic rings. The van der Waals surface area contributed by atoms with Gasteiger partial charge in [-0.3, -0.25) is 4.79 Å². The van der Waals surface area contributed by atoms with Gasteiger partial charge in [0.25, 0.3) is 0 Å². The van der Waals surface area contributed by atoms with Gasteiger partial charge in [0.1, 0.15) is 17.2 Å². The molecule has 0 radical (unpaired) electrons. The van der Waals surface area contributed by atoms with Gasteiger partial charge in [0, 0.05) is 21.7 Å². The van der Waals surface area contributed by atoms with Crippen molar-refractivity contribution in [2.45, 2.75) is 13.0 Å². The van der Waals surface area contributed by atoms with E-state index in [2.05, 4.69) is 15.9 Å². The van der Waals surface area contributed by atoms with Gasteiger partial charge in [0.2, 0.25) is 11.9 Å². The average molecular weight is 509 g/mol. The molecule has 1 heterocycles. The number of halogens is 1. The maximum Gasteiger partial charge on any atom is 0.352 e. The van der Waals surface area contributed by atoms with E-state index in [9.17, 15) is 9.59 Å². The molecule has 0 fully saturated rings. The van der Waals surface area contributed by atoms with E-state index in [1.807, 2.05) is 30.3 Å². The molecular formula is C26H21BrO6. The third-order valence-electron chi connectivity index (χ3n) is 4.98. The van der Waals surface area contributed by atoms with Crippen LogP contribution in [-0.4, -0.2) is 25.5 Å². The first kappa shape index (κ1) is 22.6. The lowest BCUT2D eigenvalue weighted by molar-refractivity contribution is -0.151. The predicted octanol–water partition coefficient (Wildman–Crippen LogP) is 5.76. The summed E-state index contributed by atoms with van der Waals surface area (Å²) in [5.74, 6) is 0.774. The van der Waals surface area contributed by atoms with Crippen LogP contribution >= 0.6 is 15.9 Å². The number of rotatable bonds is 7. The Hall–Kier alpha value is -3.58. The number of benzene rings is 3. The Bertz CT molecular complexity index is 1220. The van der Waals surface area contributed by atoms with Crippen molar-refractivity contribution in [1.29, 1.82) is 0 Å². The van der Waals surface area contributed by atoms with Gasteiger partial charge >= 0.3 is 5.97 Å². The molecule has 6 nitrogen and oxygen atoms in total. The first-order valence-electron chi connectivity index (χ1n) is 10.3. The summed E-state index contributed by atoms with van der Waals surface area (Å²) >= 11 is 3.43. The van der Waals surface area contributed by atoms with Gasteiger partial charge in [-0.05, 0) is 43.3 Å². The molecule has 33 heavy (non-hydrogen) atoms. The highest BCUT2D eigenvalue weighted by Crippen LogP contribution is 2.37. The molecule has 3 aromatic rings. The molecular weight excluding hydrogens is 488 g/mol. The summed E-state index contributed by atoms with van der Waals surface area (Å²) in [5.41, 5.74) is 1.77. The number of ether oxygens (including phenoxy) is 4. The number of allylic oxidation sites excluding steroid dienone is 1. The van der Waals surface area contributed by atoms with Gasteiger partial charge in [0.15, 0.2) is 5.76 Å². The van der Waals surface area contributed by atoms with E-state index >= 15 is 0 Å². The standard InChI is InChI=1S/C26H21BrO6/c1-3-31-26(29)25(16-7-5-4-6-8-16)32-19-10-11-20-22(15-19)33-23(24(20)28)14-17-13-18(27)9-12-21(17)30-2/h4-15,25H,3H2,1-2H3. The maximum absolute atomic E-state index is 12.9. The Kier molecular flexibility index (Phi) is 6.79. The van der Waals surface area contributed by atoms with E-state index in [4.69, 9.17) is 18.9 Å². The second kappa shape index (κ2) is 9.92. The zero-order chi connectivity index (χ0) is 23.4. The summed E-state index contributed by atoms with van der Waals surface area (Å²) in [6.45, 7) is 1.98. The highest BCUT2D eigenvalue weighted by atomic mass is 79.9. The van der Waals surface area contributed by atoms with Crippen LogP contribution in [0.1, 0.15) is 34.5 Å². The zero-order valence-corrected chi connectivity index (χ0v) is 19.6. The Morgan fingerprint density at radius 1 is 1.09 bits per heavy atom. The Morgan fingerprint density at radius 3 is 2.61 bits per heavy atom. The second-order valence-electron chi connectivity index (χ2n) is 7.14. The molecule has 0 aliphatic carbocycles. The van der Waals surface area contributed by atoms with Crippen molar-refractivity contribution in [3.8, 4) is 17.2 Å². The van der Waals surface area contributed by atoms with Crippen LogP contribution in [0.3, 0.4) is 0 Å². The molecule has 1 atom stereocenters. The van der Waals surface area contributed by atoms with Crippen molar-refractivity contribution in [3.63, 3.8) is 0 Å².